The lowest BCUT2D eigenvalue weighted by Crippen LogP contribution is -2.07. The molecule has 0 radical (unpaired) electrons. The summed E-state index contributed by atoms with van der Waals surface area (Å²) in [6.45, 7) is 2.19. The summed E-state index contributed by atoms with van der Waals surface area (Å²) >= 11 is 0. The number of ether oxygens (including phenoxy) is 1. The SMILES string of the molecule is CCOC(=O)c1ccnc(NC2CC2)c1. The third-order valence-electron chi connectivity index (χ3n) is 2.20. The van der Waals surface area contributed by atoms with Crippen LogP contribution >= 0.6 is 0 Å². The monoisotopic (exact) mass is 206 g/mol. The van der Waals surface area contributed by atoms with Crippen molar-refractivity contribution in [3.8, 4) is 0 Å². The van der Waals surface area contributed by atoms with Gasteiger partial charge in [0.2, 0.25) is 0 Å². The van der Waals surface area contributed by atoms with Crippen LogP contribution in [0.5, 0.6) is 0 Å². The number of nitrogens with one attached hydrogen (secondary N) is 1. The number of carbonyl (C=O) groups excluding carboxylic acids is 1. The van der Waals surface area contributed by atoms with Gasteiger partial charge in [-0.05, 0) is 31.9 Å². The van der Waals surface area contributed by atoms with E-state index in [2.05, 4.69) is 10.3 Å². The Balaban J connectivity index is 2.06. The van der Waals surface area contributed by atoms with Gasteiger partial charge in [0.15, 0.2) is 0 Å². The zero-order valence-electron chi connectivity index (χ0n) is 8.69. The van der Waals surface area contributed by atoms with Crippen LogP contribution in [0.1, 0.15) is 30.1 Å². The van der Waals surface area contributed by atoms with E-state index in [1.807, 2.05) is 0 Å². The number of carbonyl (C=O) groups is 1. The predicted molar refractivity (Wildman–Crippen MR) is 56.8 cm³/mol. The Kier molecular flexibility index (Phi) is 2.85. The van der Waals surface area contributed by atoms with Crippen molar-refractivity contribution in [2.45, 2.75) is 25.8 Å². The summed E-state index contributed by atoms with van der Waals surface area (Å²) in [5.41, 5.74) is 0.551. The van der Waals surface area contributed by atoms with Gasteiger partial charge in [0.1, 0.15) is 5.82 Å². The molecule has 4 heteroatoms. The van der Waals surface area contributed by atoms with Crippen molar-refractivity contribution in [2.24, 2.45) is 0 Å². The van der Waals surface area contributed by atoms with E-state index in [0.717, 1.165) is 5.82 Å². The first-order chi connectivity index (χ1) is 7.29. The Labute approximate surface area is 88.7 Å². The number of aromatic nitrogens is 1. The summed E-state index contributed by atoms with van der Waals surface area (Å²) in [6.07, 6.45) is 3.99. The fourth-order valence-electron chi connectivity index (χ4n) is 1.29. The third-order valence-corrected chi connectivity index (χ3v) is 2.20. The van der Waals surface area contributed by atoms with E-state index in [4.69, 9.17) is 4.74 Å². The minimum atomic E-state index is -0.293. The van der Waals surface area contributed by atoms with E-state index in [9.17, 15) is 4.79 Å². The summed E-state index contributed by atoms with van der Waals surface area (Å²) in [5.74, 6) is 0.460. The van der Waals surface area contributed by atoms with Crippen molar-refractivity contribution in [1.29, 1.82) is 0 Å². The van der Waals surface area contributed by atoms with Gasteiger partial charge in [0.25, 0.3) is 0 Å². The molecule has 1 aliphatic rings. The molecule has 0 aromatic carbocycles. The fraction of sp³-hybridized carbons (Fsp3) is 0.455. The van der Waals surface area contributed by atoms with Gasteiger partial charge in [0.05, 0.1) is 12.2 Å². The van der Waals surface area contributed by atoms with E-state index in [1.165, 1.54) is 12.8 Å². The summed E-state index contributed by atoms with van der Waals surface area (Å²) in [4.78, 5) is 15.6. The summed E-state index contributed by atoms with van der Waals surface area (Å²) in [7, 11) is 0. The van der Waals surface area contributed by atoms with Gasteiger partial charge >= 0.3 is 5.97 Å². The van der Waals surface area contributed by atoms with Gasteiger partial charge in [-0.1, -0.05) is 0 Å². The lowest BCUT2D eigenvalue weighted by atomic mass is 10.2. The molecule has 2 rings (SSSR count). The maximum atomic E-state index is 11.4. The van der Waals surface area contributed by atoms with Crippen molar-refractivity contribution in [1.82, 2.24) is 4.98 Å². The normalized spacial score (nSPS) is 14.7. The maximum Gasteiger partial charge on any atom is 0.338 e. The van der Waals surface area contributed by atoms with Crippen LogP contribution in [-0.4, -0.2) is 23.6 Å². The summed E-state index contributed by atoms with van der Waals surface area (Å²) < 4.78 is 4.91. The molecule has 80 valence electrons. The maximum absolute atomic E-state index is 11.4. The standard InChI is InChI=1S/C11H14N2O2/c1-2-15-11(14)8-5-6-12-10(7-8)13-9-3-4-9/h5-7,9H,2-4H2,1H3,(H,12,13). The molecule has 1 aliphatic carbocycles. The van der Waals surface area contributed by atoms with E-state index < -0.39 is 0 Å². The first-order valence-corrected chi connectivity index (χ1v) is 5.19. The number of pyridine rings is 1. The minimum absolute atomic E-state index is 0.293. The molecular weight excluding hydrogens is 192 g/mol. The molecule has 4 nitrogen and oxygen atoms in total. The first kappa shape index (κ1) is 9.96. The highest BCUT2D eigenvalue weighted by molar-refractivity contribution is 5.90. The van der Waals surface area contributed by atoms with E-state index >= 15 is 0 Å². The molecule has 1 N–H and O–H groups in total. The molecule has 0 saturated heterocycles. The Morgan fingerprint density at radius 1 is 1.67 bits per heavy atom. The molecule has 15 heavy (non-hydrogen) atoms. The van der Waals surface area contributed by atoms with Gasteiger partial charge in [-0.25, -0.2) is 9.78 Å². The molecule has 1 heterocycles. The highest BCUT2D eigenvalue weighted by Gasteiger charge is 2.21. The number of rotatable bonds is 4. The Bertz CT molecular complexity index is 361. The average molecular weight is 206 g/mol. The van der Waals surface area contributed by atoms with Crippen LogP contribution in [0.3, 0.4) is 0 Å². The second kappa shape index (κ2) is 4.29. The predicted octanol–water partition coefficient (Wildman–Crippen LogP) is 1.83. The van der Waals surface area contributed by atoms with E-state index in [1.54, 1.807) is 25.3 Å². The molecule has 1 saturated carbocycles. The molecule has 0 amide bonds. The quantitative estimate of drug-likeness (QED) is 0.763. The Morgan fingerprint density at radius 3 is 3.13 bits per heavy atom. The molecule has 1 aromatic heterocycles. The van der Waals surface area contributed by atoms with Crippen molar-refractivity contribution in [3.63, 3.8) is 0 Å². The molecule has 0 spiro atoms. The Hall–Kier alpha value is -1.58. The highest BCUT2D eigenvalue weighted by Crippen LogP contribution is 2.23. The second-order valence-corrected chi connectivity index (χ2v) is 3.57. The zero-order valence-corrected chi connectivity index (χ0v) is 8.69. The topological polar surface area (TPSA) is 51.2 Å². The van der Waals surface area contributed by atoms with Gasteiger partial charge in [-0.15, -0.1) is 0 Å². The third kappa shape index (κ3) is 2.68. The average Bonchev–Trinajstić information content (AvgIpc) is 3.03. The fourth-order valence-corrected chi connectivity index (χ4v) is 1.29. The van der Waals surface area contributed by atoms with Gasteiger partial charge in [-0.2, -0.15) is 0 Å². The number of nitrogens with zero attached hydrogens (tertiary/aromatic N) is 1. The van der Waals surface area contributed by atoms with Crippen LogP contribution in [0.2, 0.25) is 0 Å². The number of anilines is 1. The lowest BCUT2D eigenvalue weighted by molar-refractivity contribution is 0.0526. The molecular formula is C11H14N2O2. The molecule has 0 aliphatic heterocycles. The Morgan fingerprint density at radius 2 is 2.47 bits per heavy atom. The van der Waals surface area contributed by atoms with Crippen molar-refractivity contribution < 1.29 is 9.53 Å². The van der Waals surface area contributed by atoms with Crippen molar-refractivity contribution >= 4 is 11.8 Å². The van der Waals surface area contributed by atoms with E-state index in [-0.39, 0.29) is 5.97 Å². The summed E-state index contributed by atoms with van der Waals surface area (Å²) in [6, 6.07) is 3.93. The first-order valence-electron chi connectivity index (χ1n) is 5.19. The summed E-state index contributed by atoms with van der Waals surface area (Å²) in [5, 5.41) is 3.23. The van der Waals surface area contributed by atoms with Crippen LogP contribution in [0.25, 0.3) is 0 Å². The van der Waals surface area contributed by atoms with Gasteiger partial charge < -0.3 is 10.1 Å². The van der Waals surface area contributed by atoms with Crippen molar-refractivity contribution in [2.75, 3.05) is 11.9 Å². The van der Waals surface area contributed by atoms with Crippen LogP contribution < -0.4 is 5.32 Å². The zero-order chi connectivity index (χ0) is 10.7. The highest BCUT2D eigenvalue weighted by atomic mass is 16.5. The molecule has 1 aromatic rings. The number of hydrogen-bond acceptors (Lipinski definition) is 4. The lowest BCUT2D eigenvalue weighted by Gasteiger charge is -2.05. The van der Waals surface area contributed by atoms with Gasteiger partial charge in [-0.3, -0.25) is 0 Å². The van der Waals surface area contributed by atoms with Crippen LogP contribution in [0, 0.1) is 0 Å². The number of esters is 1. The van der Waals surface area contributed by atoms with Crippen LogP contribution in [0.15, 0.2) is 18.3 Å². The van der Waals surface area contributed by atoms with Crippen LogP contribution in [-0.2, 0) is 4.74 Å². The molecule has 1 fully saturated rings. The molecule has 0 unspecified atom stereocenters. The van der Waals surface area contributed by atoms with E-state index in [0.29, 0.717) is 18.2 Å². The second-order valence-electron chi connectivity index (χ2n) is 3.57. The molecule has 0 bridgehead atoms. The van der Waals surface area contributed by atoms with Crippen LogP contribution in [0.4, 0.5) is 5.82 Å². The smallest absolute Gasteiger partial charge is 0.338 e. The molecule has 0 atom stereocenters. The minimum Gasteiger partial charge on any atom is -0.462 e. The number of hydrogen-bond donors (Lipinski definition) is 1. The van der Waals surface area contributed by atoms with Crippen molar-refractivity contribution in [3.05, 3.63) is 23.9 Å². The van der Waals surface area contributed by atoms with Gasteiger partial charge in [0, 0.05) is 12.2 Å². The largest absolute Gasteiger partial charge is 0.462 e.